The van der Waals surface area contributed by atoms with Gasteiger partial charge in [0.1, 0.15) is 17.7 Å². The molecule has 0 saturated heterocycles. The fraction of sp³-hybridized carbons (Fsp3) is 0. The summed E-state index contributed by atoms with van der Waals surface area (Å²) in [6.07, 6.45) is 0.903. The van der Waals surface area contributed by atoms with Gasteiger partial charge in [-0.25, -0.2) is 0 Å². The number of nitriles is 3. The molecule has 0 bridgehead atoms. The van der Waals surface area contributed by atoms with E-state index in [9.17, 15) is 0 Å². The van der Waals surface area contributed by atoms with Crippen LogP contribution >= 0.6 is 0 Å². The van der Waals surface area contributed by atoms with Crippen molar-refractivity contribution in [2.75, 3.05) is 0 Å². The van der Waals surface area contributed by atoms with E-state index < -0.39 is 0 Å². The van der Waals surface area contributed by atoms with Gasteiger partial charge in [0, 0.05) is 6.08 Å². The lowest BCUT2D eigenvalue weighted by Crippen LogP contribution is -1.66. The molecule has 0 radical (unpaired) electrons. The second-order valence-electron chi connectivity index (χ2n) is 0.911. The van der Waals surface area contributed by atoms with Crippen LogP contribution in [-0.4, -0.2) is 0 Å². The quantitative estimate of drug-likeness (QED) is 0.418. The van der Waals surface area contributed by atoms with Crippen molar-refractivity contribution >= 4 is 0 Å². The molecule has 8 heavy (non-hydrogen) atoms. The molecule has 3 nitrogen and oxygen atoms in total. The van der Waals surface area contributed by atoms with Gasteiger partial charge >= 0.3 is 0 Å². The zero-order valence-electron chi connectivity index (χ0n) is 3.92. The van der Waals surface area contributed by atoms with Crippen LogP contribution in [0.3, 0.4) is 0 Å². The minimum atomic E-state index is -0.160. The van der Waals surface area contributed by atoms with Gasteiger partial charge in [0.15, 0.2) is 0 Å². The topological polar surface area (TPSA) is 71.4 Å². The van der Waals surface area contributed by atoms with Crippen molar-refractivity contribution in [3.63, 3.8) is 0 Å². The fourth-order valence-corrected chi connectivity index (χ4v) is 0.154. The van der Waals surface area contributed by atoms with E-state index in [1.54, 1.807) is 6.07 Å². The van der Waals surface area contributed by atoms with E-state index in [1.807, 2.05) is 0 Å². The first-order valence-electron chi connectivity index (χ1n) is 1.75. The Morgan fingerprint density at radius 1 is 1.12 bits per heavy atom. The lowest BCUT2D eigenvalue weighted by Gasteiger charge is -1.65. The highest BCUT2D eigenvalue weighted by Crippen LogP contribution is 1.84. The first-order chi connectivity index (χ1) is 3.85. The van der Waals surface area contributed by atoms with E-state index in [1.165, 1.54) is 12.1 Å². The lowest BCUT2D eigenvalue weighted by atomic mass is 10.3. The van der Waals surface area contributed by atoms with E-state index >= 15 is 0 Å². The molecule has 0 heterocycles. The van der Waals surface area contributed by atoms with Crippen molar-refractivity contribution in [2.45, 2.75) is 0 Å². The molecule has 0 aliphatic rings. The summed E-state index contributed by atoms with van der Waals surface area (Å²) in [4.78, 5) is 0. The summed E-state index contributed by atoms with van der Waals surface area (Å²) >= 11 is 0. The molecule has 36 valence electrons. The third-order valence-electron chi connectivity index (χ3n) is 0.450. The molecule has 0 spiro atoms. The third-order valence-corrected chi connectivity index (χ3v) is 0.450. The summed E-state index contributed by atoms with van der Waals surface area (Å²) in [5, 5.41) is 23.8. The zero-order valence-corrected chi connectivity index (χ0v) is 3.92. The van der Waals surface area contributed by atoms with Crippen LogP contribution in [0.1, 0.15) is 0 Å². The van der Waals surface area contributed by atoms with Gasteiger partial charge in [-0.05, 0) is 0 Å². The van der Waals surface area contributed by atoms with Gasteiger partial charge in [0.05, 0.1) is 6.07 Å². The average Bonchev–Trinajstić information content (AvgIpc) is 1.83. The number of hydrogen-bond donors (Lipinski definition) is 0. The van der Waals surface area contributed by atoms with Crippen molar-refractivity contribution in [1.82, 2.24) is 0 Å². The minimum absolute atomic E-state index is 0.160. The summed E-state index contributed by atoms with van der Waals surface area (Å²) in [6, 6.07) is 4.62. The number of allylic oxidation sites excluding steroid dienone is 2. The van der Waals surface area contributed by atoms with E-state index in [0.29, 0.717) is 0 Å². The number of hydrogen-bond acceptors (Lipinski definition) is 3. The maximum absolute atomic E-state index is 7.97. The Morgan fingerprint density at radius 3 is 1.75 bits per heavy atom. The van der Waals surface area contributed by atoms with E-state index in [4.69, 9.17) is 15.8 Å². The first kappa shape index (κ1) is 6.21. The van der Waals surface area contributed by atoms with E-state index in [0.717, 1.165) is 6.08 Å². The van der Waals surface area contributed by atoms with E-state index in [-0.39, 0.29) is 5.57 Å². The summed E-state index contributed by atoms with van der Waals surface area (Å²) in [5.41, 5.74) is -0.160. The Balaban J connectivity index is 4.28. The van der Waals surface area contributed by atoms with E-state index in [2.05, 4.69) is 0 Å². The normalized spacial score (nSPS) is 5.12. The van der Waals surface area contributed by atoms with Gasteiger partial charge in [0.2, 0.25) is 0 Å². The number of rotatable bonds is 0. The zero-order chi connectivity index (χ0) is 6.41. The molecular formula is C5HN3. The highest BCUT2D eigenvalue weighted by molar-refractivity contribution is 5.38. The smallest absolute Gasteiger partial charge is 0.140 e. The largest absolute Gasteiger partial charge is 0.193 e. The standard InChI is InChI=1S/C5HN3/c6-2-1-5(3-7)4-8/h1H. The SMILES string of the molecule is N#CC=C(C#N)C#N. The molecule has 0 aliphatic heterocycles. The van der Waals surface area contributed by atoms with Crippen molar-refractivity contribution in [2.24, 2.45) is 0 Å². The van der Waals surface area contributed by atoms with Crippen LogP contribution < -0.4 is 0 Å². The molecule has 0 aromatic carbocycles. The van der Waals surface area contributed by atoms with Crippen LogP contribution in [0.15, 0.2) is 11.6 Å². The molecule has 0 unspecified atom stereocenters. The van der Waals surface area contributed by atoms with Crippen LogP contribution in [0.4, 0.5) is 0 Å². The second kappa shape index (κ2) is 3.40. The highest BCUT2D eigenvalue weighted by atomic mass is 14.3. The second-order valence-corrected chi connectivity index (χ2v) is 0.911. The van der Waals surface area contributed by atoms with Gasteiger partial charge in [-0.2, -0.15) is 15.8 Å². The predicted molar refractivity (Wildman–Crippen MR) is 24.9 cm³/mol. The van der Waals surface area contributed by atoms with Crippen LogP contribution in [-0.2, 0) is 0 Å². The Bertz CT molecular complexity index is 202. The van der Waals surface area contributed by atoms with Crippen molar-refractivity contribution < 1.29 is 0 Å². The Kier molecular flexibility index (Phi) is 2.64. The third kappa shape index (κ3) is 1.60. The first-order valence-corrected chi connectivity index (χ1v) is 1.75. The lowest BCUT2D eigenvalue weighted by molar-refractivity contribution is 1.45. The van der Waals surface area contributed by atoms with Crippen LogP contribution in [0, 0.1) is 34.0 Å². The molecule has 0 aromatic heterocycles. The van der Waals surface area contributed by atoms with Gasteiger partial charge in [-0.3, -0.25) is 0 Å². The summed E-state index contributed by atoms with van der Waals surface area (Å²) in [5.74, 6) is 0. The van der Waals surface area contributed by atoms with Crippen molar-refractivity contribution in [1.29, 1.82) is 15.8 Å². The molecule has 0 amide bonds. The average molecular weight is 103 g/mol. The van der Waals surface area contributed by atoms with Crippen LogP contribution in [0.5, 0.6) is 0 Å². The predicted octanol–water partition coefficient (Wildman–Crippen LogP) is 0.484. The van der Waals surface area contributed by atoms with Crippen LogP contribution in [0.25, 0.3) is 0 Å². The highest BCUT2D eigenvalue weighted by Gasteiger charge is 1.85. The van der Waals surface area contributed by atoms with Gasteiger partial charge < -0.3 is 0 Å². The molecule has 0 fully saturated rings. The summed E-state index contributed by atoms with van der Waals surface area (Å²) in [6.45, 7) is 0. The molecule has 3 heteroatoms. The summed E-state index contributed by atoms with van der Waals surface area (Å²) < 4.78 is 0. The van der Waals surface area contributed by atoms with Gasteiger partial charge in [-0.1, -0.05) is 0 Å². The molecule has 0 aliphatic carbocycles. The fourth-order valence-electron chi connectivity index (χ4n) is 0.154. The van der Waals surface area contributed by atoms with Gasteiger partial charge in [0.25, 0.3) is 0 Å². The van der Waals surface area contributed by atoms with Gasteiger partial charge in [-0.15, -0.1) is 0 Å². The monoisotopic (exact) mass is 103 g/mol. The summed E-state index contributed by atoms with van der Waals surface area (Å²) in [7, 11) is 0. The molecule has 0 atom stereocenters. The number of nitrogens with zero attached hydrogens (tertiary/aromatic N) is 3. The van der Waals surface area contributed by atoms with Crippen molar-refractivity contribution in [3.05, 3.63) is 11.6 Å². The van der Waals surface area contributed by atoms with Crippen molar-refractivity contribution in [3.8, 4) is 18.2 Å². The molecule has 0 N–H and O–H groups in total. The maximum Gasteiger partial charge on any atom is 0.140 e. The molecule has 0 rings (SSSR count). The molecular weight excluding hydrogens is 102 g/mol. The Labute approximate surface area is 46.7 Å². The molecule has 0 saturated carbocycles. The Morgan fingerprint density at radius 2 is 1.62 bits per heavy atom. The molecule has 0 aromatic rings. The minimum Gasteiger partial charge on any atom is -0.193 e. The Hall–Kier alpha value is -1.79. The van der Waals surface area contributed by atoms with Crippen LogP contribution in [0.2, 0.25) is 0 Å². The maximum atomic E-state index is 7.97.